The van der Waals surface area contributed by atoms with E-state index in [2.05, 4.69) is 15.2 Å². The van der Waals surface area contributed by atoms with Crippen LogP contribution in [0.3, 0.4) is 0 Å². The topological polar surface area (TPSA) is 65.5 Å². The highest BCUT2D eigenvalue weighted by atomic mass is 16.4. The fourth-order valence-corrected chi connectivity index (χ4v) is 1.53. The molecule has 5 heteroatoms. The summed E-state index contributed by atoms with van der Waals surface area (Å²) < 4.78 is 0. The van der Waals surface area contributed by atoms with Crippen molar-refractivity contribution in [3.8, 4) is 0 Å². The summed E-state index contributed by atoms with van der Waals surface area (Å²) in [7, 11) is 3.97. The second kappa shape index (κ2) is 6.98. The lowest BCUT2D eigenvalue weighted by Gasteiger charge is -2.15. The largest absolute Gasteiger partial charge is 0.478 e. The van der Waals surface area contributed by atoms with Crippen molar-refractivity contribution in [2.24, 2.45) is 0 Å². The summed E-state index contributed by atoms with van der Waals surface area (Å²) in [5.41, 5.74) is 1.12. The summed E-state index contributed by atoms with van der Waals surface area (Å²) >= 11 is 0. The molecule has 0 fully saturated rings. The molecule has 1 aromatic rings. The average molecular weight is 237 g/mol. The molecule has 0 radical (unpaired) electrons. The summed E-state index contributed by atoms with van der Waals surface area (Å²) in [6.45, 7) is 2.72. The number of hydrogen-bond donors (Lipinski definition) is 2. The Morgan fingerprint density at radius 1 is 1.53 bits per heavy atom. The van der Waals surface area contributed by atoms with E-state index in [4.69, 9.17) is 5.11 Å². The molecule has 1 heterocycles. The van der Waals surface area contributed by atoms with Gasteiger partial charge >= 0.3 is 5.97 Å². The molecule has 0 aliphatic rings. The standard InChI is InChI=1S/C12H19N3O2/c1-13-6-3-7-15(2)9-11-5-4-10(8-14-11)12(16)17/h4-5,8,13H,3,6-7,9H2,1-2H3,(H,16,17). The lowest BCUT2D eigenvalue weighted by molar-refractivity contribution is 0.0696. The Labute approximate surface area is 101 Å². The minimum Gasteiger partial charge on any atom is -0.478 e. The molecule has 5 nitrogen and oxygen atoms in total. The van der Waals surface area contributed by atoms with Gasteiger partial charge in [0.05, 0.1) is 11.3 Å². The first-order valence-electron chi connectivity index (χ1n) is 5.65. The minimum atomic E-state index is -0.938. The third-order valence-electron chi connectivity index (χ3n) is 2.47. The quantitative estimate of drug-likeness (QED) is 0.687. The first-order valence-corrected chi connectivity index (χ1v) is 5.65. The molecule has 0 atom stereocenters. The molecular weight excluding hydrogens is 218 g/mol. The van der Waals surface area contributed by atoms with Gasteiger partial charge in [0, 0.05) is 12.7 Å². The van der Waals surface area contributed by atoms with E-state index in [9.17, 15) is 4.79 Å². The van der Waals surface area contributed by atoms with E-state index in [1.54, 1.807) is 12.1 Å². The van der Waals surface area contributed by atoms with Crippen molar-refractivity contribution in [3.05, 3.63) is 29.6 Å². The van der Waals surface area contributed by atoms with Gasteiger partial charge in [0.15, 0.2) is 0 Å². The molecule has 0 spiro atoms. The summed E-state index contributed by atoms with van der Waals surface area (Å²) in [4.78, 5) is 16.9. The molecule has 2 N–H and O–H groups in total. The van der Waals surface area contributed by atoms with Crippen molar-refractivity contribution in [1.82, 2.24) is 15.2 Å². The molecule has 0 bridgehead atoms. The Kier molecular flexibility index (Phi) is 5.59. The van der Waals surface area contributed by atoms with Gasteiger partial charge in [-0.05, 0) is 45.7 Å². The molecule has 0 aliphatic heterocycles. The van der Waals surface area contributed by atoms with Crippen LogP contribution in [0, 0.1) is 0 Å². The van der Waals surface area contributed by atoms with Gasteiger partial charge in [-0.2, -0.15) is 0 Å². The second-order valence-corrected chi connectivity index (χ2v) is 4.04. The van der Waals surface area contributed by atoms with Gasteiger partial charge in [-0.3, -0.25) is 4.98 Å². The molecule has 0 aliphatic carbocycles. The Balaban J connectivity index is 2.43. The molecule has 0 aromatic carbocycles. The Hall–Kier alpha value is -1.46. The number of nitrogens with zero attached hydrogens (tertiary/aromatic N) is 2. The molecule has 0 saturated carbocycles. The number of hydrogen-bond acceptors (Lipinski definition) is 4. The van der Waals surface area contributed by atoms with E-state index in [-0.39, 0.29) is 5.56 Å². The molecule has 1 aromatic heterocycles. The summed E-state index contributed by atoms with van der Waals surface area (Å²) in [6.07, 6.45) is 2.49. The Bertz CT molecular complexity index is 351. The molecule has 0 amide bonds. The van der Waals surface area contributed by atoms with Crippen molar-refractivity contribution in [2.75, 3.05) is 27.2 Å². The van der Waals surface area contributed by atoms with Gasteiger partial charge in [0.1, 0.15) is 0 Å². The highest BCUT2D eigenvalue weighted by Gasteiger charge is 2.04. The van der Waals surface area contributed by atoms with Crippen LogP contribution in [-0.4, -0.2) is 48.1 Å². The number of carboxylic acid groups (broad SMARTS) is 1. The summed E-state index contributed by atoms with van der Waals surface area (Å²) in [5, 5.41) is 11.8. The molecule has 1 rings (SSSR count). The minimum absolute atomic E-state index is 0.228. The fourth-order valence-electron chi connectivity index (χ4n) is 1.53. The van der Waals surface area contributed by atoms with Gasteiger partial charge in [0.2, 0.25) is 0 Å². The van der Waals surface area contributed by atoms with Crippen LogP contribution in [0.25, 0.3) is 0 Å². The predicted octanol–water partition coefficient (Wildman–Crippen LogP) is 0.821. The first kappa shape index (κ1) is 13.6. The zero-order valence-corrected chi connectivity index (χ0v) is 10.3. The van der Waals surface area contributed by atoms with E-state index in [0.717, 1.165) is 31.7 Å². The fraction of sp³-hybridized carbons (Fsp3) is 0.500. The lowest BCUT2D eigenvalue weighted by atomic mass is 10.2. The maximum Gasteiger partial charge on any atom is 0.337 e. The van der Waals surface area contributed by atoms with Crippen LogP contribution in [0.2, 0.25) is 0 Å². The number of carbonyl (C=O) groups is 1. The SMILES string of the molecule is CNCCCN(C)Cc1ccc(C(=O)O)cn1. The zero-order valence-electron chi connectivity index (χ0n) is 10.3. The van der Waals surface area contributed by atoms with E-state index in [1.165, 1.54) is 6.20 Å². The maximum atomic E-state index is 10.7. The number of pyridine rings is 1. The van der Waals surface area contributed by atoms with E-state index in [0.29, 0.717) is 0 Å². The van der Waals surface area contributed by atoms with Crippen LogP contribution in [0.15, 0.2) is 18.3 Å². The lowest BCUT2D eigenvalue weighted by Crippen LogP contribution is -2.22. The number of aromatic carboxylic acids is 1. The van der Waals surface area contributed by atoms with Gasteiger partial charge < -0.3 is 15.3 Å². The van der Waals surface area contributed by atoms with E-state index >= 15 is 0 Å². The van der Waals surface area contributed by atoms with E-state index < -0.39 is 5.97 Å². The highest BCUT2D eigenvalue weighted by molar-refractivity contribution is 5.87. The number of aromatic nitrogens is 1. The average Bonchev–Trinajstić information content (AvgIpc) is 2.30. The van der Waals surface area contributed by atoms with Gasteiger partial charge in [0.25, 0.3) is 0 Å². The van der Waals surface area contributed by atoms with Crippen molar-refractivity contribution in [2.45, 2.75) is 13.0 Å². The van der Waals surface area contributed by atoms with Crippen LogP contribution in [0.4, 0.5) is 0 Å². The Morgan fingerprint density at radius 2 is 2.29 bits per heavy atom. The number of carboxylic acids is 1. The molecule has 94 valence electrons. The Morgan fingerprint density at radius 3 is 2.82 bits per heavy atom. The normalized spacial score (nSPS) is 10.8. The monoisotopic (exact) mass is 237 g/mol. The molecule has 0 saturated heterocycles. The van der Waals surface area contributed by atoms with Gasteiger partial charge in [-0.1, -0.05) is 0 Å². The summed E-state index contributed by atoms with van der Waals surface area (Å²) in [6, 6.07) is 3.35. The predicted molar refractivity (Wildman–Crippen MR) is 66.1 cm³/mol. The molecular formula is C12H19N3O2. The van der Waals surface area contributed by atoms with Crippen molar-refractivity contribution in [1.29, 1.82) is 0 Å². The van der Waals surface area contributed by atoms with Crippen LogP contribution >= 0.6 is 0 Å². The molecule has 0 unspecified atom stereocenters. The van der Waals surface area contributed by atoms with Crippen molar-refractivity contribution in [3.63, 3.8) is 0 Å². The van der Waals surface area contributed by atoms with Gasteiger partial charge in [-0.15, -0.1) is 0 Å². The number of rotatable bonds is 7. The van der Waals surface area contributed by atoms with Crippen LogP contribution < -0.4 is 5.32 Å². The smallest absolute Gasteiger partial charge is 0.337 e. The third-order valence-corrected chi connectivity index (χ3v) is 2.47. The van der Waals surface area contributed by atoms with Gasteiger partial charge in [-0.25, -0.2) is 4.79 Å². The van der Waals surface area contributed by atoms with E-state index in [1.807, 2.05) is 14.1 Å². The molecule has 17 heavy (non-hydrogen) atoms. The van der Waals surface area contributed by atoms with Crippen molar-refractivity contribution < 1.29 is 9.90 Å². The van der Waals surface area contributed by atoms with Crippen molar-refractivity contribution >= 4 is 5.97 Å². The third kappa shape index (κ3) is 4.93. The number of nitrogens with one attached hydrogen (secondary N) is 1. The zero-order chi connectivity index (χ0) is 12.7. The second-order valence-electron chi connectivity index (χ2n) is 4.04. The van der Waals surface area contributed by atoms with Crippen LogP contribution in [0.1, 0.15) is 22.5 Å². The van der Waals surface area contributed by atoms with Crippen LogP contribution in [0.5, 0.6) is 0 Å². The summed E-state index contributed by atoms with van der Waals surface area (Å²) in [5.74, 6) is -0.938. The highest BCUT2D eigenvalue weighted by Crippen LogP contribution is 2.03. The maximum absolute atomic E-state index is 10.7. The first-order chi connectivity index (χ1) is 8.13. The van der Waals surface area contributed by atoms with Crippen LogP contribution in [-0.2, 0) is 6.54 Å².